The number of hydrogen-bond donors (Lipinski definition) is 0. The molecule has 138 valence electrons. The van der Waals surface area contributed by atoms with E-state index in [-0.39, 0.29) is 11.7 Å². The molecular weight excluding hydrogens is 346 g/mol. The highest BCUT2D eigenvalue weighted by molar-refractivity contribution is 5.99. The van der Waals surface area contributed by atoms with Gasteiger partial charge in [-0.2, -0.15) is 4.98 Å². The van der Waals surface area contributed by atoms with Crippen molar-refractivity contribution in [2.24, 2.45) is 0 Å². The molecule has 0 unspecified atom stereocenters. The average Bonchev–Trinajstić information content (AvgIpc) is 3.25. The number of hydrogen-bond acceptors (Lipinski definition) is 6. The van der Waals surface area contributed by atoms with Gasteiger partial charge in [0, 0.05) is 23.6 Å². The predicted octanol–water partition coefficient (Wildman–Crippen LogP) is 1.88. The molecule has 1 aromatic carbocycles. The van der Waals surface area contributed by atoms with Crippen LogP contribution in [0.1, 0.15) is 34.5 Å². The summed E-state index contributed by atoms with van der Waals surface area (Å²) in [6.45, 7) is 5.83. The minimum Gasteiger partial charge on any atom is -0.447 e. The van der Waals surface area contributed by atoms with Crippen LogP contribution in [0.25, 0.3) is 5.78 Å². The maximum atomic E-state index is 12.7. The van der Waals surface area contributed by atoms with E-state index in [2.05, 4.69) is 15.1 Å². The van der Waals surface area contributed by atoms with Crippen molar-refractivity contribution in [2.75, 3.05) is 11.4 Å². The van der Waals surface area contributed by atoms with Gasteiger partial charge in [0.2, 0.25) is 0 Å². The molecule has 1 amide bonds. The van der Waals surface area contributed by atoms with E-state index in [1.165, 1.54) is 4.52 Å². The van der Waals surface area contributed by atoms with Crippen LogP contribution in [0, 0.1) is 13.8 Å². The number of para-hydroxylation sites is 1. The molecule has 4 rings (SSSR count). The molecule has 3 aromatic rings. The number of carbonyl (C=O) groups excluding carboxylic acids is 2. The van der Waals surface area contributed by atoms with Crippen LogP contribution in [0.2, 0.25) is 0 Å². The Kier molecular flexibility index (Phi) is 4.10. The van der Waals surface area contributed by atoms with Crippen molar-refractivity contribution in [3.8, 4) is 0 Å². The molecule has 1 aliphatic rings. The molecule has 1 atom stereocenters. The van der Waals surface area contributed by atoms with Crippen molar-refractivity contribution in [2.45, 2.75) is 33.3 Å². The third-order valence-corrected chi connectivity index (χ3v) is 4.59. The topological polar surface area (TPSA) is 89.7 Å². The molecule has 0 bridgehead atoms. The highest BCUT2D eigenvalue weighted by atomic mass is 16.5. The minimum atomic E-state index is -0.939. The Morgan fingerprint density at radius 2 is 1.96 bits per heavy atom. The highest BCUT2D eigenvalue weighted by Crippen LogP contribution is 2.28. The standard InChI is InChI=1S/C19H19N5O3/c1-11-10-12(2)24-19(20-11)21-16(22-24)18(26)27-13(3)17(25)23-9-8-14-6-4-5-7-15(14)23/h4-7,10,13H,8-9H2,1-3H3/t13-/m1/s1. The smallest absolute Gasteiger partial charge is 0.379 e. The van der Waals surface area contributed by atoms with E-state index in [0.29, 0.717) is 12.3 Å². The number of nitrogens with zero attached hydrogens (tertiary/aromatic N) is 5. The van der Waals surface area contributed by atoms with Crippen LogP contribution in [-0.4, -0.2) is 44.1 Å². The summed E-state index contributed by atoms with van der Waals surface area (Å²) in [6.07, 6.45) is -0.146. The van der Waals surface area contributed by atoms with Crippen molar-refractivity contribution < 1.29 is 14.3 Å². The van der Waals surface area contributed by atoms with Gasteiger partial charge >= 0.3 is 5.97 Å². The van der Waals surface area contributed by atoms with E-state index in [4.69, 9.17) is 4.74 Å². The largest absolute Gasteiger partial charge is 0.447 e. The number of fused-ring (bicyclic) bond motifs is 2. The van der Waals surface area contributed by atoms with E-state index >= 15 is 0 Å². The number of rotatable bonds is 3. The number of aromatic nitrogens is 4. The van der Waals surface area contributed by atoms with Gasteiger partial charge in [0.05, 0.1) is 0 Å². The first-order chi connectivity index (χ1) is 12.9. The fourth-order valence-corrected chi connectivity index (χ4v) is 3.30. The molecular formula is C19H19N5O3. The molecule has 0 saturated carbocycles. The van der Waals surface area contributed by atoms with Crippen LogP contribution in [-0.2, 0) is 16.0 Å². The number of anilines is 1. The number of amides is 1. The van der Waals surface area contributed by atoms with Crippen LogP contribution in [0.5, 0.6) is 0 Å². The van der Waals surface area contributed by atoms with E-state index in [1.807, 2.05) is 44.2 Å². The van der Waals surface area contributed by atoms with Gasteiger partial charge < -0.3 is 9.64 Å². The average molecular weight is 365 g/mol. The third-order valence-electron chi connectivity index (χ3n) is 4.59. The maximum Gasteiger partial charge on any atom is 0.379 e. The summed E-state index contributed by atoms with van der Waals surface area (Å²) in [5, 5.41) is 4.14. The lowest BCUT2D eigenvalue weighted by molar-refractivity contribution is -0.126. The summed E-state index contributed by atoms with van der Waals surface area (Å²) in [5.41, 5.74) is 3.57. The van der Waals surface area contributed by atoms with Crippen LogP contribution < -0.4 is 4.90 Å². The van der Waals surface area contributed by atoms with Gasteiger partial charge in [-0.1, -0.05) is 18.2 Å². The van der Waals surface area contributed by atoms with Gasteiger partial charge in [-0.3, -0.25) is 4.79 Å². The minimum absolute atomic E-state index is 0.113. The Hall–Kier alpha value is -3.29. The fourth-order valence-electron chi connectivity index (χ4n) is 3.30. The molecule has 1 aliphatic heterocycles. The first-order valence-electron chi connectivity index (χ1n) is 8.75. The zero-order chi connectivity index (χ0) is 19.1. The van der Waals surface area contributed by atoms with Gasteiger partial charge in [-0.25, -0.2) is 14.3 Å². The van der Waals surface area contributed by atoms with E-state index < -0.39 is 12.1 Å². The molecule has 8 nitrogen and oxygen atoms in total. The first kappa shape index (κ1) is 17.1. The molecule has 8 heteroatoms. The second kappa shape index (κ2) is 6.46. The summed E-state index contributed by atoms with van der Waals surface area (Å²) >= 11 is 0. The number of ether oxygens (including phenoxy) is 1. The van der Waals surface area contributed by atoms with E-state index in [1.54, 1.807) is 11.8 Å². The van der Waals surface area contributed by atoms with Crippen LogP contribution in [0.3, 0.4) is 0 Å². The van der Waals surface area contributed by atoms with Crippen LogP contribution in [0.4, 0.5) is 5.69 Å². The molecule has 2 aromatic heterocycles. The number of aryl methyl sites for hydroxylation is 2. The van der Waals surface area contributed by atoms with Crippen molar-refractivity contribution in [3.05, 3.63) is 53.1 Å². The molecule has 0 N–H and O–H groups in total. The quantitative estimate of drug-likeness (QED) is 0.658. The normalized spacial score (nSPS) is 14.3. The first-order valence-corrected chi connectivity index (χ1v) is 8.75. The zero-order valence-electron chi connectivity index (χ0n) is 15.3. The lowest BCUT2D eigenvalue weighted by atomic mass is 10.2. The second-order valence-electron chi connectivity index (χ2n) is 6.60. The number of esters is 1. The summed E-state index contributed by atoms with van der Waals surface area (Å²) in [4.78, 5) is 35.2. The summed E-state index contributed by atoms with van der Waals surface area (Å²) in [7, 11) is 0. The number of benzene rings is 1. The van der Waals surface area contributed by atoms with Gasteiger partial charge in [0.1, 0.15) is 0 Å². The third kappa shape index (κ3) is 3.03. The van der Waals surface area contributed by atoms with Gasteiger partial charge in [0.15, 0.2) is 6.10 Å². The Morgan fingerprint density at radius 1 is 1.19 bits per heavy atom. The zero-order valence-corrected chi connectivity index (χ0v) is 15.3. The Morgan fingerprint density at radius 3 is 2.78 bits per heavy atom. The van der Waals surface area contributed by atoms with Crippen molar-refractivity contribution in [3.63, 3.8) is 0 Å². The van der Waals surface area contributed by atoms with Crippen molar-refractivity contribution in [1.82, 2.24) is 19.6 Å². The van der Waals surface area contributed by atoms with Crippen molar-refractivity contribution >= 4 is 23.3 Å². The van der Waals surface area contributed by atoms with Crippen molar-refractivity contribution in [1.29, 1.82) is 0 Å². The van der Waals surface area contributed by atoms with E-state index in [0.717, 1.165) is 29.1 Å². The van der Waals surface area contributed by atoms with Gasteiger partial charge in [-0.05, 0) is 44.9 Å². The second-order valence-corrected chi connectivity index (χ2v) is 6.60. The maximum absolute atomic E-state index is 12.7. The fraction of sp³-hybridized carbons (Fsp3) is 0.316. The molecule has 0 aliphatic carbocycles. The Balaban J connectivity index is 1.51. The molecule has 27 heavy (non-hydrogen) atoms. The molecule has 0 spiro atoms. The monoisotopic (exact) mass is 365 g/mol. The lowest BCUT2D eigenvalue weighted by Crippen LogP contribution is -2.39. The predicted molar refractivity (Wildman–Crippen MR) is 97.6 cm³/mol. The highest BCUT2D eigenvalue weighted by Gasteiger charge is 2.30. The van der Waals surface area contributed by atoms with Crippen LogP contribution >= 0.6 is 0 Å². The summed E-state index contributed by atoms with van der Waals surface area (Å²) in [6, 6.07) is 9.57. The molecule has 0 radical (unpaired) electrons. The Bertz CT molecular complexity index is 1060. The van der Waals surface area contributed by atoms with Crippen LogP contribution in [0.15, 0.2) is 30.3 Å². The molecule has 0 fully saturated rings. The number of carbonyl (C=O) groups is 2. The molecule has 3 heterocycles. The molecule has 0 saturated heterocycles. The van der Waals surface area contributed by atoms with Gasteiger partial charge in [-0.15, -0.1) is 5.10 Å². The summed E-state index contributed by atoms with van der Waals surface area (Å²) in [5.74, 6) is -0.794. The Labute approximate surface area is 155 Å². The summed E-state index contributed by atoms with van der Waals surface area (Å²) < 4.78 is 6.81. The lowest BCUT2D eigenvalue weighted by Gasteiger charge is -2.21. The van der Waals surface area contributed by atoms with E-state index in [9.17, 15) is 9.59 Å². The van der Waals surface area contributed by atoms with Gasteiger partial charge in [0.25, 0.3) is 17.5 Å². The SMILES string of the molecule is Cc1cc(C)n2nc(C(=O)O[C@H](C)C(=O)N3CCc4ccccc43)nc2n1.